The monoisotopic (exact) mass is 373 g/mol. The number of phenolic OH excluding ortho intramolecular Hbond substituents is 1. The Labute approximate surface area is 161 Å². The van der Waals surface area contributed by atoms with Crippen molar-refractivity contribution in [3.63, 3.8) is 0 Å². The van der Waals surface area contributed by atoms with Crippen molar-refractivity contribution < 1.29 is 15.0 Å². The van der Waals surface area contributed by atoms with Crippen LogP contribution >= 0.6 is 0 Å². The minimum Gasteiger partial charge on any atom is -0.508 e. The molecule has 2 heterocycles. The Bertz CT molecular complexity index is 1140. The van der Waals surface area contributed by atoms with Crippen LogP contribution in [0.15, 0.2) is 66.9 Å². The number of nitrogens with zero attached hydrogens (tertiary/aromatic N) is 2. The van der Waals surface area contributed by atoms with Crippen LogP contribution in [0.1, 0.15) is 11.3 Å². The maximum Gasteiger partial charge on any atom is 0.321 e. The predicted octanol–water partition coefficient (Wildman–Crippen LogP) is 3.27. The summed E-state index contributed by atoms with van der Waals surface area (Å²) in [5.74, 6) is -0.772. The Morgan fingerprint density at radius 1 is 0.964 bits per heavy atom. The molecule has 28 heavy (non-hydrogen) atoms. The van der Waals surface area contributed by atoms with Gasteiger partial charge in [-0.05, 0) is 36.2 Å². The number of carboxylic acid groups (broad SMARTS) is 1. The molecule has 0 fully saturated rings. The lowest BCUT2D eigenvalue weighted by Gasteiger charge is -2.15. The van der Waals surface area contributed by atoms with E-state index in [1.165, 1.54) is 0 Å². The molecular formula is C22H19N3O3. The first-order valence-electron chi connectivity index (χ1n) is 8.97. The van der Waals surface area contributed by atoms with Crippen LogP contribution in [0.4, 0.5) is 0 Å². The second-order valence-electron chi connectivity index (χ2n) is 6.66. The van der Waals surface area contributed by atoms with Crippen LogP contribution < -0.4 is 5.32 Å². The van der Waals surface area contributed by atoms with Gasteiger partial charge in [0.05, 0.1) is 16.7 Å². The van der Waals surface area contributed by atoms with Gasteiger partial charge in [-0.15, -0.1) is 0 Å². The zero-order valence-corrected chi connectivity index (χ0v) is 15.0. The number of nitrogens with one attached hydrogen (secondary N) is 1. The third-order valence-electron chi connectivity index (χ3n) is 4.69. The third kappa shape index (κ3) is 3.77. The van der Waals surface area contributed by atoms with Crippen molar-refractivity contribution in [3.05, 3.63) is 78.1 Å². The van der Waals surface area contributed by atoms with Crippen molar-refractivity contribution in [1.82, 2.24) is 15.3 Å². The van der Waals surface area contributed by atoms with E-state index < -0.39 is 12.0 Å². The summed E-state index contributed by atoms with van der Waals surface area (Å²) in [6, 6.07) is 17.6. The van der Waals surface area contributed by atoms with Gasteiger partial charge in [0.25, 0.3) is 0 Å². The number of fused-ring (bicyclic) bond motifs is 3. The number of hydrogen-bond acceptors (Lipinski definition) is 5. The van der Waals surface area contributed by atoms with Gasteiger partial charge < -0.3 is 10.2 Å². The molecule has 140 valence electrons. The smallest absolute Gasteiger partial charge is 0.321 e. The molecule has 0 saturated heterocycles. The fourth-order valence-corrected chi connectivity index (χ4v) is 3.20. The lowest BCUT2D eigenvalue weighted by atomic mass is 10.1. The molecule has 2 aromatic carbocycles. The molecule has 1 atom stereocenters. The van der Waals surface area contributed by atoms with Gasteiger partial charge in [-0.2, -0.15) is 0 Å². The molecule has 3 N–H and O–H groups in total. The first-order valence-corrected chi connectivity index (χ1v) is 8.97. The Kier molecular flexibility index (Phi) is 4.87. The summed E-state index contributed by atoms with van der Waals surface area (Å²) in [6.07, 6.45) is 2.06. The molecule has 0 saturated carbocycles. The number of phenols is 1. The standard InChI is InChI=1S/C22H19N3O3/c26-18-9-3-14(4-10-18)12-19(22(27)28)24-13-17-8-7-16-6-5-15-2-1-11-23-20(15)21(16)25-17/h1-11,19,24,26H,12-13H2,(H,27,28)/t19-/m0/s1. The van der Waals surface area contributed by atoms with Gasteiger partial charge >= 0.3 is 5.97 Å². The molecule has 0 spiro atoms. The number of pyridine rings is 2. The predicted molar refractivity (Wildman–Crippen MR) is 107 cm³/mol. The van der Waals surface area contributed by atoms with E-state index in [2.05, 4.69) is 10.3 Å². The summed E-state index contributed by atoms with van der Waals surface area (Å²) < 4.78 is 0. The highest BCUT2D eigenvalue weighted by Gasteiger charge is 2.18. The lowest BCUT2D eigenvalue weighted by Crippen LogP contribution is -2.38. The van der Waals surface area contributed by atoms with Gasteiger partial charge in [-0.1, -0.05) is 36.4 Å². The van der Waals surface area contributed by atoms with Gasteiger partial charge in [0.2, 0.25) is 0 Å². The second kappa shape index (κ2) is 7.62. The molecule has 0 unspecified atom stereocenters. The first-order chi connectivity index (χ1) is 13.6. The molecule has 0 radical (unpaired) electrons. The van der Waals surface area contributed by atoms with Crippen LogP contribution in [-0.4, -0.2) is 32.2 Å². The minimum atomic E-state index is -0.930. The summed E-state index contributed by atoms with van der Waals surface area (Å²) in [5.41, 5.74) is 3.23. The molecule has 6 nitrogen and oxygen atoms in total. The third-order valence-corrected chi connectivity index (χ3v) is 4.69. The van der Waals surface area contributed by atoms with Crippen molar-refractivity contribution in [1.29, 1.82) is 0 Å². The SMILES string of the molecule is O=C(O)[C@H](Cc1ccc(O)cc1)NCc1ccc2ccc3cccnc3c2n1. The van der Waals surface area contributed by atoms with Crippen molar-refractivity contribution in [3.8, 4) is 5.75 Å². The highest BCUT2D eigenvalue weighted by atomic mass is 16.4. The van der Waals surface area contributed by atoms with Crippen molar-refractivity contribution in [2.24, 2.45) is 0 Å². The normalized spacial score (nSPS) is 12.3. The zero-order chi connectivity index (χ0) is 19.5. The maximum absolute atomic E-state index is 11.6. The van der Waals surface area contributed by atoms with E-state index in [9.17, 15) is 15.0 Å². The molecule has 2 aromatic heterocycles. The summed E-state index contributed by atoms with van der Waals surface area (Å²) in [6.45, 7) is 0.328. The van der Waals surface area contributed by atoms with E-state index in [1.54, 1.807) is 30.5 Å². The largest absolute Gasteiger partial charge is 0.508 e. The Morgan fingerprint density at radius 2 is 1.68 bits per heavy atom. The highest BCUT2D eigenvalue weighted by Crippen LogP contribution is 2.22. The van der Waals surface area contributed by atoms with E-state index in [1.807, 2.05) is 36.4 Å². The van der Waals surface area contributed by atoms with Gasteiger partial charge in [0.1, 0.15) is 11.8 Å². The highest BCUT2D eigenvalue weighted by molar-refractivity contribution is 6.02. The average molecular weight is 373 g/mol. The van der Waals surface area contributed by atoms with Crippen LogP contribution in [0.2, 0.25) is 0 Å². The fourth-order valence-electron chi connectivity index (χ4n) is 3.20. The Balaban J connectivity index is 1.55. The number of benzene rings is 2. The molecule has 4 aromatic rings. The minimum absolute atomic E-state index is 0.157. The van der Waals surface area contributed by atoms with E-state index in [-0.39, 0.29) is 5.75 Å². The van der Waals surface area contributed by atoms with Crippen LogP contribution in [0.5, 0.6) is 5.75 Å². The molecule has 0 aliphatic heterocycles. The molecular weight excluding hydrogens is 354 g/mol. The van der Waals surface area contributed by atoms with Crippen LogP contribution in [-0.2, 0) is 17.8 Å². The number of carbonyl (C=O) groups is 1. The summed E-state index contributed by atoms with van der Waals surface area (Å²) in [4.78, 5) is 20.8. The number of aliphatic carboxylic acids is 1. The molecule has 0 aliphatic carbocycles. The second-order valence-corrected chi connectivity index (χ2v) is 6.66. The fraction of sp³-hybridized carbons (Fsp3) is 0.136. The van der Waals surface area contributed by atoms with E-state index in [4.69, 9.17) is 4.98 Å². The quantitative estimate of drug-likeness (QED) is 0.449. The Hall–Kier alpha value is -3.51. The molecule has 0 aliphatic rings. The topological polar surface area (TPSA) is 95.3 Å². The zero-order valence-electron chi connectivity index (χ0n) is 15.0. The number of hydrogen-bond donors (Lipinski definition) is 3. The number of rotatable bonds is 6. The van der Waals surface area contributed by atoms with E-state index in [0.29, 0.717) is 13.0 Å². The number of aromatic hydroxyl groups is 1. The van der Waals surface area contributed by atoms with Crippen molar-refractivity contribution in [2.45, 2.75) is 19.0 Å². The molecule has 6 heteroatoms. The maximum atomic E-state index is 11.6. The van der Waals surface area contributed by atoms with Crippen molar-refractivity contribution in [2.75, 3.05) is 0 Å². The molecule has 0 amide bonds. The van der Waals surface area contributed by atoms with Crippen LogP contribution in [0.25, 0.3) is 21.8 Å². The lowest BCUT2D eigenvalue weighted by molar-refractivity contribution is -0.139. The Morgan fingerprint density at radius 3 is 2.43 bits per heavy atom. The summed E-state index contributed by atoms with van der Waals surface area (Å²) in [7, 11) is 0. The van der Waals surface area contributed by atoms with Crippen molar-refractivity contribution >= 4 is 27.8 Å². The van der Waals surface area contributed by atoms with Gasteiger partial charge in [0.15, 0.2) is 0 Å². The number of aromatic nitrogens is 2. The molecule has 0 bridgehead atoms. The van der Waals surface area contributed by atoms with Gasteiger partial charge in [-0.3, -0.25) is 15.1 Å². The summed E-state index contributed by atoms with van der Waals surface area (Å²) >= 11 is 0. The van der Waals surface area contributed by atoms with E-state index >= 15 is 0 Å². The van der Waals surface area contributed by atoms with Gasteiger partial charge in [0, 0.05) is 23.5 Å². The molecule has 4 rings (SSSR count). The van der Waals surface area contributed by atoms with Crippen LogP contribution in [0.3, 0.4) is 0 Å². The van der Waals surface area contributed by atoms with E-state index in [0.717, 1.165) is 33.1 Å². The van der Waals surface area contributed by atoms with Gasteiger partial charge in [-0.25, -0.2) is 4.98 Å². The first kappa shape index (κ1) is 17.9. The summed E-state index contributed by atoms with van der Waals surface area (Å²) in [5, 5.41) is 24.0. The number of carboxylic acids is 1. The van der Waals surface area contributed by atoms with Crippen LogP contribution in [0, 0.1) is 0 Å². The average Bonchev–Trinajstić information content (AvgIpc) is 2.72.